The Balaban J connectivity index is 1.95. The van der Waals surface area contributed by atoms with Crippen molar-refractivity contribution < 1.29 is 4.74 Å². The Morgan fingerprint density at radius 3 is 2.80 bits per heavy atom. The second-order valence-electron chi connectivity index (χ2n) is 5.56. The highest BCUT2D eigenvalue weighted by molar-refractivity contribution is 7.15. The summed E-state index contributed by atoms with van der Waals surface area (Å²) in [6, 6.07) is 0. The minimum absolute atomic E-state index is 0.761. The highest BCUT2D eigenvalue weighted by Crippen LogP contribution is 2.30. The van der Waals surface area contributed by atoms with Gasteiger partial charge in [0.05, 0.1) is 12.3 Å². The molecule has 1 saturated heterocycles. The maximum atomic E-state index is 5.06. The predicted molar refractivity (Wildman–Crippen MR) is 85.7 cm³/mol. The number of hydrogen-bond acceptors (Lipinski definition) is 5. The number of rotatable bonds is 7. The number of methoxy groups -OCH3 is 1. The third kappa shape index (κ3) is 4.17. The minimum Gasteiger partial charge on any atom is -0.383 e. The second kappa shape index (κ2) is 7.96. The van der Waals surface area contributed by atoms with Crippen molar-refractivity contribution in [1.82, 2.24) is 10.3 Å². The van der Waals surface area contributed by atoms with Gasteiger partial charge in [-0.15, -0.1) is 11.3 Å². The van der Waals surface area contributed by atoms with Gasteiger partial charge >= 0.3 is 0 Å². The molecule has 1 aliphatic heterocycles. The summed E-state index contributed by atoms with van der Waals surface area (Å²) in [5, 5.41) is 4.65. The van der Waals surface area contributed by atoms with Crippen LogP contribution < -0.4 is 10.2 Å². The summed E-state index contributed by atoms with van der Waals surface area (Å²) >= 11 is 1.86. The van der Waals surface area contributed by atoms with Gasteiger partial charge in [0.1, 0.15) is 0 Å². The molecule has 20 heavy (non-hydrogen) atoms. The van der Waals surface area contributed by atoms with Crippen LogP contribution in [0.2, 0.25) is 0 Å². The van der Waals surface area contributed by atoms with Gasteiger partial charge in [-0.2, -0.15) is 0 Å². The third-order valence-corrected chi connectivity index (χ3v) is 5.08. The highest BCUT2D eigenvalue weighted by Gasteiger charge is 2.20. The third-order valence-electron chi connectivity index (χ3n) is 3.92. The molecule has 0 aromatic carbocycles. The first-order chi connectivity index (χ1) is 9.74. The van der Waals surface area contributed by atoms with Gasteiger partial charge in [-0.05, 0) is 25.2 Å². The van der Waals surface area contributed by atoms with Gasteiger partial charge < -0.3 is 15.0 Å². The van der Waals surface area contributed by atoms with Crippen molar-refractivity contribution in [2.75, 3.05) is 38.3 Å². The van der Waals surface area contributed by atoms with E-state index in [2.05, 4.69) is 24.1 Å². The molecule has 1 aliphatic rings. The van der Waals surface area contributed by atoms with E-state index in [-0.39, 0.29) is 0 Å². The number of nitrogens with one attached hydrogen (secondary N) is 1. The summed E-state index contributed by atoms with van der Waals surface area (Å²) < 4.78 is 5.06. The van der Waals surface area contributed by atoms with Gasteiger partial charge in [-0.1, -0.05) is 13.8 Å². The van der Waals surface area contributed by atoms with E-state index in [1.807, 2.05) is 11.3 Å². The van der Waals surface area contributed by atoms with Crippen molar-refractivity contribution in [3.63, 3.8) is 0 Å². The standard InChI is InChI=1S/C15H27N3OS/c1-4-13-14(11-16-7-10-19-3)20-15(17-13)18-8-5-12(2)6-9-18/h12,16H,4-11H2,1-3H3. The lowest BCUT2D eigenvalue weighted by Gasteiger charge is -2.29. The molecule has 4 nitrogen and oxygen atoms in total. The average molecular weight is 297 g/mol. The van der Waals surface area contributed by atoms with Gasteiger partial charge in [0.2, 0.25) is 0 Å². The maximum Gasteiger partial charge on any atom is 0.185 e. The van der Waals surface area contributed by atoms with Gasteiger partial charge in [-0.3, -0.25) is 0 Å². The van der Waals surface area contributed by atoms with Gasteiger partial charge in [-0.25, -0.2) is 4.98 Å². The molecule has 0 saturated carbocycles. The Hall–Kier alpha value is -0.650. The molecular formula is C15H27N3OS. The molecule has 0 amide bonds. The minimum atomic E-state index is 0.761. The molecule has 0 bridgehead atoms. The molecule has 114 valence electrons. The summed E-state index contributed by atoms with van der Waals surface area (Å²) in [6.45, 7) is 9.43. The van der Waals surface area contributed by atoms with Crippen LogP contribution in [-0.4, -0.2) is 38.3 Å². The normalized spacial score (nSPS) is 16.9. The Labute approximate surface area is 126 Å². The quantitative estimate of drug-likeness (QED) is 0.785. The van der Waals surface area contributed by atoms with Crippen molar-refractivity contribution in [2.24, 2.45) is 5.92 Å². The zero-order valence-corrected chi connectivity index (χ0v) is 13.8. The molecule has 0 spiro atoms. The molecular weight excluding hydrogens is 270 g/mol. The van der Waals surface area contributed by atoms with E-state index in [0.717, 1.165) is 45.1 Å². The van der Waals surface area contributed by atoms with Crippen LogP contribution in [0.3, 0.4) is 0 Å². The molecule has 1 fully saturated rings. The van der Waals surface area contributed by atoms with Crippen LogP contribution in [0.15, 0.2) is 0 Å². The lowest BCUT2D eigenvalue weighted by molar-refractivity contribution is 0.199. The van der Waals surface area contributed by atoms with E-state index in [1.165, 1.54) is 28.5 Å². The largest absolute Gasteiger partial charge is 0.383 e. The second-order valence-corrected chi connectivity index (χ2v) is 6.62. The number of ether oxygens (including phenoxy) is 1. The van der Waals surface area contributed by atoms with Gasteiger partial charge in [0.25, 0.3) is 0 Å². The van der Waals surface area contributed by atoms with Crippen molar-refractivity contribution >= 4 is 16.5 Å². The van der Waals surface area contributed by atoms with Crippen molar-refractivity contribution in [1.29, 1.82) is 0 Å². The van der Waals surface area contributed by atoms with E-state index in [1.54, 1.807) is 7.11 Å². The van der Waals surface area contributed by atoms with Crippen molar-refractivity contribution in [3.05, 3.63) is 10.6 Å². The first kappa shape index (κ1) is 15.7. The van der Waals surface area contributed by atoms with Crippen LogP contribution in [-0.2, 0) is 17.7 Å². The molecule has 2 rings (SSSR count). The molecule has 0 aliphatic carbocycles. The lowest BCUT2D eigenvalue weighted by atomic mass is 10.00. The van der Waals surface area contributed by atoms with E-state index in [0.29, 0.717) is 0 Å². The van der Waals surface area contributed by atoms with Crippen LogP contribution in [0.5, 0.6) is 0 Å². The van der Waals surface area contributed by atoms with Crippen LogP contribution in [0.25, 0.3) is 0 Å². The Morgan fingerprint density at radius 1 is 1.40 bits per heavy atom. The summed E-state index contributed by atoms with van der Waals surface area (Å²) in [5.74, 6) is 0.868. The fourth-order valence-electron chi connectivity index (χ4n) is 2.50. The van der Waals surface area contributed by atoms with Crippen molar-refractivity contribution in [3.8, 4) is 0 Å². The Bertz CT molecular complexity index is 400. The maximum absolute atomic E-state index is 5.06. The number of nitrogens with zero attached hydrogens (tertiary/aromatic N) is 2. The number of hydrogen-bond donors (Lipinski definition) is 1. The monoisotopic (exact) mass is 297 g/mol. The number of piperidine rings is 1. The van der Waals surface area contributed by atoms with E-state index in [9.17, 15) is 0 Å². The van der Waals surface area contributed by atoms with Gasteiger partial charge in [0.15, 0.2) is 5.13 Å². The Kier molecular flexibility index (Phi) is 6.26. The predicted octanol–water partition coefficient (Wildman–Crippen LogP) is 2.68. The first-order valence-corrected chi connectivity index (χ1v) is 8.49. The molecule has 1 aromatic heterocycles. The summed E-state index contributed by atoms with van der Waals surface area (Å²) in [4.78, 5) is 8.70. The lowest BCUT2D eigenvalue weighted by Crippen LogP contribution is -2.32. The van der Waals surface area contributed by atoms with Crippen LogP contribution in [0.4, 0.5) is 5.13 Å². The number of aryl methyl sites for hydroxylation is 1. The van der Waals surface area contributed by atoms with Crippen LogP contribution >= 0.6 is 11.3 Å². The summed E-state index contributed by atoms with van der Waals surface area (Å²) in [7, 11) is 1.74. The zero-order valence-electron chi connectivity index (χ0n) is 12.9. The first-order valence-electron chi connectivity index (χ1n) is 7.67. The Morgan fingerprint density at radius 2 is 2.15 bits per heavy atom. The molecule has 1 aromatic rings. The van der Waals surface area contributed by atoms with Crippen LogP contribution in [0, 0.1) is 5.92 Å². The van der Waals surface area contributed by atoms with Crippen LogP contribution in [0.1, 0.15) is 37.3 Å². The van der Waals surface area contributed by atoms with Crippen molar-refractivity contribution in [2.45, 2.75) is 39.7 Å². The SMILES string of the molecule is CCc1nc(N2CCC(C)CC2)sc1CNCCOC. The summed E-state index contributed by atoms with van der Waals surface area (Å²) in [5.41, 5.74) is 1.26. The van der Waals surface area contributed by atoms with E-state index < -0.39 is 0 Å². The smallest absolute Gasteiger partial charge is 0.185 e. The number of anilines is 1. The number of thiazole rings is 1. The molecule has 2 heterocycles. The molecule has 1 N–H and O–H groups in total. The topological polar surface area (TPSA) is 37.4 Å². The fraction of sp³-hybridized carbons (Fsp3) is 0.800. The molecule has 0 radical (unpaired) electrons. The molecule has 0 atom stereocenters. The zero-order chi connectivity index (χ0) is 14.4. The molecule has 5 heteroatoms. The van der Waals surface area contributed by atoms with Gasteiger partial charge in [0, 0.05) is 38.2 Å². The molecule has 0 unspecified atom stereocenters. The van der Waals surface area contributed by atoms with E-state index in [4.69, 9.17) is 9.72 Å². The number of aromatic nitrogens is 1. The highest BCUT2D eigenvalue weighted by atomic mass is 32.1. The van der Waals surface area contributed by atoms with E-state index >= 15 is 0 Å². The fourth-order valence-corrected chi connectivity index (χ4v) is 3.67. The summed E-state index contributed by atoms with van der Waals surface area (Å²) in [6.07, 6.45) is 3.60. The average Bonchev–Trinajstić information content (AvgIpc) is 2.87.